The van der Waals surface area contributed by atoms with Crippen LogP contribution in [-0.2, 0) is 20.9 Å². The van der Waals surface area contributed by atoms with Crippen LogP contribution in [0.5, 0.6) is 0 Å². The molecule has 1 aromatic heterocycles. The van der Waals surface area contributed by atoms with Gasteiger partial charge in [-0.25, -0.2) is 0 Å². The molecule has 1 saturated carbocycles. The molecule has 2 aliphatic rings. The number of carbonyl (C=O) groups is 3. The summed E-state index contributed by atoms with van der Waals surface area (Å²) in [7, 11) is 0. The Labute approximate surface area is 161 Å². The normalized spacial score (nSPS) is 25.0. The Morgan fingerprint density at radius 3 is 2.89 bits per heavy atom. The molecule has 1 aliphatic heterocycles. The maximum absolute atomic E-state index is 12.6. The molecule has 4 rings (SSSR count). The summed E-state index contributed by atoms with van der Waals surface area (Å²) < 4.78 is 1.57. The van der Waals surface area contributed by atoms with Gasteiger partial charge in [-0.1, -0.05) is 18.2 Å². The van der Waals surface area contributed by atoms with Crippen molar-refractivity contribution in [3.63, 3.8) is 0 Å². The van der Waals surface area contributed by atoms with Crippen molar-refractivity contribution in [1.29, 1.82) is 0 Å². The molecule has 1 aromatic carbocycles. The summed E-state index contributed by atoms with van der Waals surface area (Å²) in [5, 5.41) is 21.1. The minimum absolute atomic E-state index is 0.0445. The number of aromatic nitrogens is 2. The number of nitrogens with one attached hydrogen (secondary N) is 2. The van der Waals surface area contributed by atoms with Gasteiger partial charge in [-0.2, -0.15) is 5.10 Å². The van der Waals surface area contributed by atoms with E-state index in [4.69, 9.17) is 0 Å². The van der Waals surface area contributed by atoms with Crippen LogP contribution in [0.4, 0.5) is 0 Å². The number of carbonyl (C=O) groups excluding carboxylic acids is 3. The number of aliphatic hydroxyl groups excluding tert-OH is 1. The third kappa shape index (κ3) is 3.84. The predicted octanol–water partition coefficient (Wildman–Crippen LogP) is -0.750. The number of aliphatic hydroxyl groups is 1. The molecule has 1 saturated heterocycles. The molecular formula is C19H23N5O4. The number of hydrogen-bond acceptors (Lipinski definition) is 5. The Bertz CT molecular complexity index is 878. The lowest BCUT2D eigenvalue weighted by Gasteiger charge is -2.28. The molecular weight excluding hydrogens is 362 g/mol. The molecule has 0 spiro atoms. The first-order chi connectivity index (χ1) is 13.5. The second-order valence-corrected chi connectivity index (χ2v) is 7.40. The van der Waals surface area contributed by atoms with Gasteiger partial charge >= 0.3 is 0 Å². The van der Waals surface area contributed by atoms with Crippen molar-refractivity contribution in [3.05, 3.63) is 30.5 Å². The zero-order valence-electron chi connectivity index (χ0n) is 15.4. The monoisotopic (exact) mass is 385 g/mol. The Balaban J connectivity index is 1.33. The SMILES string of the molecule is O=C1CN(C(=O)[C@H]2C[C@H](NC(=O)Cn3cc4ccccc4n3)[C@@H](O)C2)CCN1. The lowest BCUT2D eigenvalue weighted by molar-refractivity contribution is -0.141. The van der Waals surface area contributed by atoms with Crippen LogP contribution < -0.4 is 10.6 Å². The van der Waals surface area contributed by atoms with Crippen molar-refractivity contribution in [2.75, 3.05) is 19.6 Å². The number of benzene rings is 1. The summed E-state index contributed by atoms with van der Waals surface area (Å²) in [5.74, 6) is -0.959. The van der Waals surface area contributed by atoms with Gasteiger partial charge in [0, 0.05) is 30.6 Å². The van der Waals surface area contributed by atoms with Gasteiger partial charge in [0.25, 0.3) is 0 Å². The maximum atomic E-state index is 12.6. The smallest absolute Gasteiger partial charge is 0.242 e. The van der Waals surface area contributed by atoms with Gasteiger partial charge in [-0.05, 0) is 18.9 Å². The minimum Gasteiger partial charge on any atom is -0.391 e. The number of hydrogen-bond donors (Lipinski definition) is 3. The van der Waals surface area contributed by atoms with E-state index in [1.807, 2.05) is 24.3 Å². The molecule has 1 aliphatic carbocycles. The molecule has 3 amide bonds. The molecule has 3 N–H and O–H groups in total. The number of piperazine rings is 1. The fourth-order valence-electron chi connectivity index (χ4n) is 3.95. The maximum Gasteiger partial charge on any atom is 0.242 e. The molecule has 28 heavy (non-hydrogen) atoms. The Morgan fingerprint density at radius 2 is 2.11 bits per heavy atom. The molecule has 2 aromatic rings. The lowest BCUT2D eigenvalue weighted by atomic mass is 10.1. The van der Waals surface area contributed by atoms with E-state index in [2.05, 4.69) is 15.7 Å². The van der Waals surface area contributed by atoms with E-state index in [0.717, 1.165) is 10.9 Å². The van der Waals surface area contributed by atoms with Crippen molar-refractivity contribution >= 4 is 28.6 Å². The van der Waals surface area contributed by atoms with Crippen LogP contribution in [0.1, 0.15) is 12.8 Å². The molecule has 2 fully saturated rings. The van der Waals surface area contributed by atoms with Crippen LogP contribution in [0.25, 0.3) is 10.9 Å². The van der Waals surface area contributed by atoms with Gasteiger partial charge in [0.15, 0.2) is 0 Å². The summed E-state index contributed by atoms with van der Waals surface area (Å²) in [6.45, 7) is 1.01. The summed E-state index contributed by atoms with van der Waals surface area (Å²) in [4.78, 5) is 38.0. The first-order valence-electron chi connectivity index (χ1n) is 9.45. The second-order valence-electron chi connectivity index (χ2n) is 7.40. The van der Waals surface area contributed by atoms with E-state index in [0.29, 0.717) is 19.5 Å². The number of fused-ring (bicyclic) bond motifs is 1. The molecule has 0 radical (unpaired) electrons. The summed E-state index contributed by atoms with van der Waals surface area (Å²) in [5.41, 5.74) is 0.812. The topological polar surface area (TPSA) is 117 Å². The first kappa shape index (κ1) is 18.4. The molecule has 0 unspecified atom stereocenters. The lowest BCUT2D eigenvalue weighted by Crippen LogP contribution is -2.51. The average molecular weight is 385 g/mol. The zero-order chi connectivity index (χ0) is 19.7. The fourth-order valence-corrected chi connectivity index (χ4v) is 3.95. The standard InChI is InChI=1S/C19H23N5O4/c25-16-8-13(19(28)23-6-5-20-17(26)10-23)7-15(16)21-18(27)11-24-9-12-3-1-2-4-14(12)22-24/h1-4,9,13,15-16,25H,5-8,10-11H2,(H,20,26)(H,21,27)/t13-,15-,16-/m0/s1. The van der Waals surface area contributed by atoms with E-state index in [1.54, 1.807) is 10.9 Å². The van der Waals surface area contributed by atoms with Gasteiger partial charge < -0.3 is 20.6 Å². The summed E-state index contributed by atoms with van der Waals surface area (Å²) in [6.07, 6.45) is 1.67. The van der Waals surface area contributed by atoms with Crippen LogP contribution in [0.15, 0.2) is 30.5 Å². The highest BCUT2D eigenvalue weighted by molar-refractivity contribution is 5.87. The summed E-state index contributed by atoms with van der Waals surface area (Å²) in [6, 6.07) is 7.12. The average Bonchev–Trinajstić information content (AvgIpc) is 3.24. The first-order valence-corrected chi connectivity index (χ1v) is 9.45. The third-order valence-electron chi connectivity index (χ3n) is 5.34. The van der Waals surface area contributed by atoms with Crippen LogP contribution in [-0.4, -0.2) is 69.3 Å². The highest BCUT2D eigenvalue weighted by Gasteiger charge is 2.40. The highest BCUT2D eigenvalue weighted by Crippen LogP contribution is 2.28. The van der Waals surface area contributed by atoms with Crippen molar-refractivity contribution in [1.82, 2.24) is 25.3 Å². The van der Waals surface area contributed by atoms with Gasteiger partial charge in [-0.15, -0.1) is 0 Å². The quantitative estimate of drug-likeness (QED) is 0.640. The third-order valence-corrected chi connectivity index (χ3v) is 5.34. The van der Waals surface area contributed by atoms with E-state index in [-0.39, 0.29) is 37.2 Å². The van der Waals surface area contributed by atoms with E-state index in [1.165, 1.54) is 4.90 Å². The van der Waals surface area contributed by atoms with Crippen LogP contribution in [0, 0.1) is 5.92 Å². The van der Waals surface area contributed by atoms with Crippen molar-refractivity contribution < 1.29 is 19.5 Å². The van der Waals surface area contributed by atoms with E-state index >= 15 is 0 Å². The largest absolute Gasteiger partial charge is 0.391 e. The molecule has 0 bridgehead atoms. The zero-order valence-corrected chi connectivity index (χ0v) is 15.4. The highest BCUT2D eigenvalue weighted by atomic mass is 16.3. The van der Waals surface area contributed by atoms with Crippen molar-refractivity contribution in [2.45, 2.75) is 31.5 Å². The molecule has 9 heteroatoms. The Kier molecular flexibility index (Phi) is 4.99. The van der Waals surface area contributed by atoms with E-state index < -0.39 is 18.1 Å². The van der Waals surface area contributed by atoms with Crippen molar-refractivity contribution in [3.8, 4) is 0 Å². The predicted molar refractivity (Wildman–Crippen MR) is 100.0 cm³/mol. The molecule has 2 heterocycles. The molecule has 148 valence electrons. The molecule has 3 atom stereocenters. The summed E-state index contributed by atoms with van der Waals surface area (Å²) >= 11 is 0. The molecule has 9 nitrogen and oxygen atoms in total. The van der Waals surface area contributed by atoms with Crippen LogP contribution >= 0.6 is 0 Å². The van der Waals surface area contributed by atoms with Crippen LogP contribution in [0.3, 0.4) is 0 Å². The number of amides is 3. The van der Waals surface area contributed by atoms with Crippen molar-refractivity contribution in [2.24, 2.45) is 5.92 Å². The van der Waals surface area contributed by atoms with Gasteiger partial charge in [0.1, 0.15) is 6.54 Å². The van der Waals surface area contributed by atoms with Gasteiger partial charge in [-0.3, -0.25) is 19.1 Å². The minimum atomic E-state index is -0.784. The number of nitrogens with zero attached hydrogens (tertiary/aromatic N) is 3. The second kappa shape index (κ2) is 7.59. The Morgan fingerprint density at radius 1 is 1.29 bits per heavy atom. The van der Waals surface area contributed by atoms with Gasteiger partial charge in [0.05, 0.1) is 24.2 Å². The Hall–Kier alpha value is -2.94. The number of rotatable bonds is 4. The fraction of sp³-hybridized carbons (Fsp3) is 0.474. The van der Waals surface area contributed by atoms with E-state index in [9.17, 15) is 19.5 Å². The van der Waals surface area contributed by atoms with Gasteiger partial charge in [0.2, 0.25) is 17.7 Å². The van der Waals surface area contributed by atoms with Crippen LogP contribution in [0.2, 0.25) is 0 Å².